The molecule has 0 radical (unpaired) electrons. The fourth-order valence-corrected chi connectivity index (χ4v) is 4.30. The average molecular weight is 503 g/mol. The average Bonchev–Trinajstić information content (AvgIpc) is 3.18. The molecule has 3 aromatic rings. The first-order chi connectivity index (χ1) is 18.0. The Morgan fingerprint density at radius 1 is 1.03 bits per heavy atom. The smallest absolute Gasteiger partial charge is 0.295 e. The predicted molar refractivity (Wildman–Crippen MR) is 138 cm³/mol. The molecule has 1 saturated heterocycles. The number of Topliss-reactive ketones (excluding diaryl/α,β-unsaturated/α-hetero) is 1. The zero-order valence-electron chi connectivity index (χ0n) is 21.1. The van der Waals surface area contributed by atoms with Crippen LogP contribution in [0.3, 0.4) is 0 Å². The number of hydrogen-bond donors (Lipinski definition) is 1. The van der Waals surface area contributed by atoms with Crippen molar-refractivity contribution in [2.24, 2.45) is 0 Å². The van der Waals surface area contributed by atoms with Crippen LogP contribution in [-0.2, 0) is 16.1 Å². The Morgan fingerprint density at radius 2 is 1.78 bits per heavy atom. The van der Waals surface area contributed by atoms with E-state index in [2.05, 4.69) is 11.9 Å². The lowest BCUT2D eigenvalue weighted by Crippen LogP contribution is -2.29. The van der Waals surface area contributed by atoms with Crippen LogP contribution in [0.15, 0.2) is 72.6 Å². The molecule has 1 amide bonds. The number of unbranched alkanes of at least 4 members (excludes halogenated alkanes) is 1. The SMILES string of the molecule is CCCCOc1ccc(C2C(=C(O)c3ccc(OC)c(OC)c3)C(=O)C(=O)N2Cc2cccnc2)cc1. The first-order valence-corrected chi connectivity index (χ1v) is 12.1. The molecule has 1 aromatic heterocycles. The zero-order valence-corrected chi connectivity index (χ0v) is 21.1. The number of pyridine rings is 1. The Kier molecular flexibility index (Phi) is 8.08. The second-order valence-corrected chi connectivity index (χ2v) is 8.63. The maximum absolute atomic E-state index is 13.3. The number of carbonyl (C=O) groups excluding carboxylic acids is 2. The number of amides is 1. The van der Waals surface area contributed by atoms with E-state index in [9.17, 15) is 14.7 Å². The monoisotopic (exact) mass is 502 g/mol. The lowest BCUT2D eigenvalue weighted by molar-refractivity contribution is -0.140. The normalized spacial score (nSPS) is 16.6. The van der Waals surface area contributed by atoms with Gasteiger partial charge in [0.25, 0.3) is 11.7 Å². The standard InChI is InChI=1S/C29H30N2O6/c1-4-5-15-37-22-11-8-20(9-12-22)26-25(27(32)21-10-13-23(35-2)24(16-21)36-3)28(33)29(34)31(26)18-19-7-6-14-30-17-19/h6-14,16-17,26,32H,4-5,15,18H2,1-3H3. The molecule has 0 bridgehead atoms. The molecule has 0 saturated carbocycles. The molecule has 0 aliphatic carbocycles. The van der Waals surface area contributed by atoms with Gasteiger partial charge in [-0.05, 0) is 53.9 Å². The topological polar surface area (TPSA) is 98.2 Å². The summed E-state index contributed by atoms with van der Waals surface area (Å²) in [6.07, 6.45) is 5.26. The third-order valence-corrected chi connectivity index (χ3v) is 6.24. The molecule has 1 aliphatic heterocycles. The van der Waals surface area contributed by atoms with Crippen molar-refractivity contribution in [2.75, 3.05) is 20.8 Å². The van der Waals surface area contributed by atoms with E-state index in [0.717, 1.165) is 18.4 Å². The fraction of sp³-hybridized carbons (Fsp3) is 0.276. The number of benzene rings is 2. The molecule has 1 N–H and O–H groups in total. The van der Waals surface area contributed by atoms with Gasteiger partial charge in [0.15, 0.2) is 11.5 Å². The van der Waals surface area contributed by atoms with Crippen LogP contribution in [0, 0.1) is 0 Å². The summed E-state index contributed by atoms with van der Waals surface area (Å²) in [7, 11) is 3.00. The van der Waals surface area contributed by atoms with Gasteiger partial charge in [0, 0.05) is 24.5 Å². The van der Waals surface area contributed by atoms with Gasteiger partial charge in [-0.25, -0.2) is 0 Å². The molecule has 8 heteroatoms. The molecule has 1 atom stereocenters. The summed E-state index contributed by atoms with van der Waals surface area (Å²) in [5, 5.41) is 11.4. The minimum absolute atomic E-state index is 0.000705. The highest BCUT2D eigenvalue weighted by Crippen LogP contribution is 2.41. The second kappa shape index (κ2) is 11.6. The highest BCUT2D eigenvalue weighted by atomic mass is 16.5. The van der Waals surface area contributed by atoms with Crippen LogP contribution in [-0.4, -0.2) is 47.5 Å². The highest BCUT2D eigenvalue weighted by Gasteiger charge is 2.46. The number of rotatable bonds is 10. The Hall–Kier alpha value is -4.33. The minimum atomic E-state index is -0.807. The number of nitrogens with zero attached hydrogens (tertiary/aromatic N) is 2. The van der Waals surface area contributed by atoms with Gasteiger partial charge < -0.3 is 24.2 Å². The Bertz CT molecular complexity index is 1290. The van der Waals surface area contributed by atoms with Gasteiger partial charge in [-0.2, -0.15) is 0 Å². The van der Waals surface area contributed by atoms with Gasteiger partial charge in [-0.1, -0.05) is 31.5 Å². The van der Waals surface area contributed by atoms with Crippen molar-refractivity contribution in [1.82, 2.24) is 9.88 Å². The summed E-state index contributed by atoms with van der Waals surface area (Å²) in [6, 6.07) is 14.9. The molecule has 8 nitrogen and oxygen atoms in total. The Labute approximate surface area is 216 Å². The van der Waals surface area contributed by atoms with E-state index in [4.69, 9.17) is 14.2 Å². The molecular formula is C29H30N2O6. The van der Waals surface area contributed by atoms with E-state index in [-0.39, 0.29) is 17.9 Å². The minimum Gasteiger partial charge on any atom is -0.507 e. The number of aliphatic hydroxyl groups excluding tert-OH is 1. The van der Waals surface area contributed by atoms with E-state index in [0.29, 0.717) is 35.0 Å². The third-order valence-electron chi connectivity index (χ3n) is 6.24. The molecular weight excluding hydrogens is 472 g/mol. The van der Waals surface area contributed by atoms with Crippen LogP contribution >= 0.6 is 0 Å². The summed E-state index contributed by atoms with van der Waals surface area (Å²) in [5.74, 6) is -0.182. The van der Waals surface area contributed by atoms with Crippen molar-refractivity contribution < 1.29 is 28.9 Å². The summed E-state index contributed by atoms with van der Waals surface area (Å²) >= 11 is 0. The summed E-state index contributed by atoms with van der Waals surface area (Å²) < 4.78 is 16.4. The summed E-state index contributed by atoms with van der Waals surface area (Å²) in [4.78, 5) is 32.1. The van der Waals surface area contributed by atoms with E-state index in [1.54, 1.807) is 36.7 Å². The second-order valence-electron chi connectivity index (χ2n) is 8.63. The highest BCUT2D eigenvalue weighted by molar-refractivity contribution is 6.46. The summed E-state index contributed by atoms with van der Waals surface area (Å²) in [6.45, 7) is 2.85. The third kappa shape index (κ3) is 5.43. The maximum atomic E-state index is 13.3. The molecule has 4 rings (SSSR count). The Morgan fingerprint density at radius 3 is 2.43 bits per heavy atom. The number of ketones is 1. The van der Waals surface area contributed by atoms with Crippen LogP contribution in [0.25, 0.3) is 5.76 Å². The quantitative estimate of drug-likeness (QED) is 0.182. The van der Waals surface area contributed by atoms with E-state index in [1.165, 1.54) is 19.1 Å². The lowest BCUT2D eigenvalue weighted by Gasteiger charge is -2.25. The first-order valence-electron chi connectivity index (χ1n) is 12.1. The molecule has 2 aromatic carbocycles. The number of aliphatic hydroxyl groups is 1. The van der Waals surface area contributed by atoms with E-state index >= 15 is 0 Å². The number of ether oxygens (including phenoxy) is 3. The van der Waals surface area contributed by atoms with Crippen LogP contribution in [0.5, 0.6) is 17.2 Å². The molecule has 192 valence electrons. The molecule has 37 heavy (non-hydrogen) atoms. The lowest BCUT2D eigenvalue weighted by atomic mass is 9.95. The maximum Gasteiger partial charge on any atom is 0.295 e. The van der Waals surface area contributed by atoms with Gasteiger partial charge in [0.1, 0.15) is 11.5 Å². The van der Waals surface area contributed by atoms with Crippen LogP contribution < -0.4 is 14.2 Å². The molecule has 1 fully saturated rings. The first kappa shape index (κ1) is 25.8. The van der Waals surface area contributed by atoms with Crippen LogP contribution in [0.1, 0.15) is 42.5 Å². The van der Waals surface area contributed by atoms with Crippen LogP contribution in [0.2, 0.25) is 0 Å². The molecule has 1 unspecified atom stereocenters. The van der Waals surface area contributed by atoms with Crippen molar-refractivity contribution in [3.05, 3.63) is 89.3 Å². The number of methoxy groups -OCH3 is 2. The zero-order chi connectivity index (χ0) is 26.4. The molecule has 1 aliphatic rings. The number of hydrogen-bond acceptors (Lipinski definition) is 7. The van der Waals surface area contributed by atoms with E-state index in [1.807, 2.05) is 30.3 Å². The van der Waals surface area contributed by atoms with Crippen molar-refractivity contribution in [3.8, 4) is 17.2 Å². The molecule has 0 spiro atoms. The van der Waals surface area contributed by atoms with Gasteiger partial charge in [-0.15, -0.1) is 0 Å². The van der Waals surface area contributed by atoms with E-state index < -0.39 is 17.7 Å². The fourth-order valence-electron chi connectivity index (χ4n) is 4.30. The Balaban J connectivity index is 1.79. The van der Waals surface area contributed by atoms with Gasteiger partial charge in [0.05, 0.1) is 32.4 Å². The van der Waals surface area contributed by atoms with Gasteiger partial charge in [-0.3, -0.25) is 14.6 Å². The van der Waals surface area contributed by atoms with Crippen molar-refractivity contribution >= 4 is 17.4 Å². The van der Waals surface area contributed by atoms with Crippen molar-refractivity contribution in [3.63, 3.8) is 0 Å². The largest absolute Gasteiger partial charge is 0.507 e. The van der Waals surface area contributed by atoms with Gasteiger partial charge >= 0.3 is 0 Å². The van der Waals surface area contributed by atoms with Crippen LogP contribution in [0.4, 0.5) is 0 Å². The van der Waals surface area contributed by atoms with Gasteiger partial charge in [0.2, 0.25) is 0 Å². The van der Waals surface area contributed by atoms with Crippen molar-refractivity contribution in [1.29, 1.82) is 0 Å². The van der Waals surface area contributed by atoms with Crippen molar-refractivity contribution in [2.45, 2.75) is 32.4 Å². The predicted octanol–water partition coefficient (Wildman–Crippen LogP) is 4.90. The molecule has 2 heterocycles. The summed E-state index contributed by atoms with van der Waals surface area (Å²) in [5.41, 5.74) is 1.77. The number of likely N-dealkylation sites (tertiary alicyclic amines) is 1. The number of carbonyl (C=O) groups is 2. The number of aromatic nitrogens is 1.